The van der Waals surface area contributed by atoms with Gasteiger partial charge in [-0.05, 0) is 25.1 Å². The van der Waals surface area contributed by atoms with E-state index in [2.05, 4.69) is 10.3 Å². The number of aromatic nitrogens is 1. The third kappa shape index (κ3) is 3.78. The van der Waals surface area contributed by atoms with Crippen molar-refractivity contribution >= 4 is 16.8 Å². The molecule has 5 atom stereocenters. The Balaban J connectivity index is 1.87. The van der Waals surface area contributed by atoms with Crippen molar-refractivity contribution in [1.82, 2.24) is 10.3 Å². The minimum absolute atomic E-state index is 0.406. The molecule has 0 radical (unpaired) electrons. The van der Waals surface area contributed by atoms with Crippen molar-refractivity contribution in [3.05, 3.63) is 36.0 Å². The summed E-state index contributed by atoms with van der Waals surface area (Å²) < 4.78 is 11.4. The van der Waals surface area contributed by atoms with Gasteiger partial charge in [-0.1, -0.05) is 6.07 Å². The first-order valence-corrected chi connectivity index (χ1v) is 8.32. The second-order valence-electron chi connectivity index (χ2n) is 6.36. The Kier molecular flexibility index (Phi) is 5.38. The lowest BCUT2D eigenvalue weighted by molar-refractivity contribution is -0.244. The van der Waals surface area contributed by atoms with Gasteiger partial charge in [0.25, 0.3) is 0 Å². The van der Waals surface area contributed by atoms with Crippen molar-refractivity contribution in [2.24, 2.45) is 0 Å². The highest BCUT2D eigenvalue weighted by atomic mass is 16.7. The van der Waals surface area contributed by atoms with Crippen LogP contribution in [0.5, 0.6) is 5.75 Å². The van der Waals surface area contributed by atoms with Gasteiger partial charge in [-0.3, -0.25) is 9.78 Å². The molecule has 0 bridgehead atoms. The van der Waals surface area contributed by atoms with Crippen LogP contribution in [-0.2, 0) is 9.53 Å². The molecular weight excluding hydrogens is 340 g/mol. The Bertz CT molecular complexity index is 798. The standard InChI is InChI=1S/C18H22N2O6/c1-9-3-4-11-5-6-12(7-13(11)19-9)25-18-15(20-10(2)22)17(24)16(23)14(8-21)26-18/h3-7,14-18,21,23-24H,8H2,1-2H3,(H,20,22)/t14-,15-,16-,17-,18-/m1/s1. The van der Waals surface area contributed by atoms with Gasteiger partial charge < -0.3 is 30.1 Å². The van der Waals surface area contributed by atoms with E-state index in [1.54, 1.807) is 12.1 Å². The van der Waals surface area contributed by atoms with Crippen LogP contribution < -0.4 is 10.1 Å². The molecule has 1 aromatic heterocycles. The average molecular weight is 362 g/mol. The molecule has 1 aromatic carbocycles. The van der Waals surface area contributed by atoms with Gasteiger partial charge in [-0.2, -0.15) is 0 Å². The number of aliphatic hydroxyl groups excluding tert-OH is 3. The first-order valence-electron chi connectivity index (χ1n) is 8.32. The number of nitrogens with one attached hydrogen (secondary N) is 1. The molecule has 2 aromatic rings. The highest BCUT2D eigenvalue weighted by molar-refractivity contribution is 5.80. The summed E-state index contributed by atoms with van der Waals surface area (Å²) in [7, 11) is 0. The van der Waals surface area contributed by atoms with Crippen LogP contribution in [0, 0.1) is 6.92 Å². The van der Waals surface area contributed by atoms with E-state index < -0.39 is 43.2 Å². The van der Waals surface area contributed by atoms with Crippen LogP contribution in [0.2, 0.25) is 0 Å². The molecule has 1 aliphatic rings. The van der Waals surface area contributed by atoms with Crippen LogP contribution in [-0.4, -0.2) is 63.5 Å². The maximum absolute atomic E-state index is 11.5. The molecule has 1 aliphatic heterocycles. The van der Waals surface area contributed by atoms with Crippen molar-refractivity contribution in [2.45, 2.75) is 44.5 Å². The topological polar surface area (TPSA) is 121 Å². The third-order valence-electron chi connectivity index (χ3n) is 4.31. The summed E-state index contributed by atoms with van der Waals surface area (Å²) in [6.45, 7) is 2.67. The fourth-order valence-electron chi connectivity index (χ4n) is 2.98. The number of benzene rings is 1. The highest BCUT2D eigenvalue weighted by Gasteiger charge is 2.46. The number of aryl methyl sites for hydroxylation is 1. The van der Waals surface area contributed by atoms with E-state index in [-0.39, 0.29) is 0 Å². The third-order valence-corrected chi connectivity index (χ3v) is 4.31. The lowest BCUT2D eigenvalue weighted by Crippen LogP contribution is -2.65. The predicted octanol–water partition coefficient (Wildman–Crippen LogP) is -0.134. The molecule has 0 aliphatic carbocycles. The summed E-state index contributed by atoms with van der Waals surface area (Å²) >= 11 is 0. The molecule has 26 heavy (non-hydrogen) atoms. The molecular formula is C18H22N2O6. The van der Waals surface area contributed by atoms with Gasteiger partial charge in [0.05, 0.1) is 12.1 Å². The summed E-state index contributed by atoms with van der Waals surface area (Å²) in [4.78, 5) is 15.9. The Morgan fingerprint density at radius 3 is 2.69 bits per heavy atom. The fourth-order valence-corrected chi connectivity index (χ4v) is 2.98. The van der Waals surface area contributed by atoms with E-state index in [0.717, 1.165) is 16.6 Å². The van der Waals surface area contributed by atoms with Gasteiger partial charge >= 0.3 is 0 Å². The van der Waals surface area contributed by atoms with Gasteiger partial charge in [0.2, 0.25) is 12.2 Å². The minimum Gasteiger partial charge on any atom is -0.462 e. The first-order chi connectivity index (χ1) is 12.4. The number of carbonyl (C=O) groups excluding carboxylic acids is 1. The van der Waals surface area contributed by atoms with E-state index in [0.29, 0.717) is 5.75 Å². The van der Waals surface area contributed by atoms with Crippen molar-refractivity contribution < 1.29 is 29.6 Å². The van der Waals surface area contributed by atoms with Crippen molar-refractivity contribution in [3.63, 3.8) is 0 Å². The van der Waals surface area contributed by atoms with Gasteiger partial charge in [0.15, 0.2) is 0 Å². The number of amides is 1. The molecule has 1 fully saturated rings. The van der Waals surface area contributed by atoms with Crippen LogP contribution in [0.3, 0.4) is 0 Å². The van der Waals surface area contributed by atoms with Gasteiger partial charge in [-0.15, -0.1) is 0 Å². The molecule has 1 saturated heterocycles. The van der Waals surface area contributed by atoms with E-state index >= 15 is 0 Å². The zero-order chi connectivity index (χ0) is 18.8. The van der Waals surface area contributed by atoms with Crippen LogP contribution in [0.25, 0.3) is 10.9 Å². The summed E-state index contributed by atoms with van der Waals surface area (Å²) in [5.41, 5.74) is 1.59. The first kappa shape index (κ1) is 18.5. The van der Waals surface area contributed by atoms with E-state index in [4.69, 9.17) is 9.47 Å². The van der Waals surface area contributed by atoms with E-state index in [1.807, 2.05) is 25.1 Å². The number of hydrogen-bond acceptors (Lipinski definition) is 7. The molecule has 8 nitrogen and oxygen atoms in total. The van der Waals surface area contributed by atoms with Gasteiger partial charge in [0.1, 0.15) is 30.1 Å². The monoisotopic (exact) mass is 362 g/mol. The summed E-state index contributed by atoms with van der Waals surface area (Å²) in [5, 5.41) is 33.1. The predicted molar refractivity (Wildman–Crippen MR) is 92.5 cm³/mol. The maximum atomic E-state index is 11.5. The molecule has 2 heterocycles. The van der Waals surface area contributed by atoms with Crippen molar-refractivity contribution in [1.29, 1.82) is 0 Å². The molecule has 1 amide bonds. The van der Waals surface area contributed by atoms with Crippen molar-refractivity contribution in [2.75, 3.05) is 6.61 Å². The average Bonchev–Trinajstić information content (AvgIpc) is 2.60. The molecule has 140 valence electrons. The maximum Gasteiger partial charge on any atom is 0.223 e. The number of hydrogen-bond donors (Lipinski definition) is 4. The molecule has 4 N–H and O–H groups in total. The zero-order valence-corrected chi connectivity index (χ0v) is 14.5. The van der Waals surface area contributed by atoms with Crippen molar-refractivity contribution in [3.8, 4) is 5.75 Å². The summed E-state index contributed by atoms with van der Waals surface area (Å²) in [6.07, 6.45) is -4.81. The Labute approximate surface area is 150 Å². The lowest BCUT2D eigenvalue weighted by atomic mass is 9.97. The van der Waals surface area contributed by atoms with Crippen LogP contribution in [0.1, 0.15) is 12.6 Å². The second kappa shape index (κ2) is 7.55. The SMILES string of the molecule is CC(=O)N[C@H]1[C@H](Oc2ccc3ccc(C)nc3c2)O[C@H](CO)[C@@H](O)[C@@H]1O. The number of nitrogens with zero attached hydrogens (tertiary/aromatic N) is 1. The molecule has 8 heteroatoms. The normalized spacial score (nSPS) is 28.7. The van der Waals surface area contributed by atoms with Gasteiger partial charge in [0, 0.05) is 24.1 Å². The number of carbonyl (C=O) groups is 1. The number of pyridine rings is 1. The van der Waals surface area contributed by atoms with E-state index in [1.165, 1.54) is 6.92 Å². The Morgan fingerprint density at radius 2 is 2.00 bits per heavy atom. The van der Waals surface area contributed by atoms with Crippen LogP contribution >= 0.6 is 0 Å². The smallest absolute Gasteiger partial charge is 0.223 e. The minimum atomic E-state index is -1.35. The molecule has 0 saturated carbocycles. The summed E-state index contributed by atoms with van der Waals surface area (Å²) in [5.74, 6) is 0.0212. The van der Waals surface area contributed by atoms with Crippen LogP contribution in [0.15, 0.2) is 30.3 Å². The Morgan fingerprint density at radius 1 is 1.27 bits per heavy atom. The molecule has 0 unspecified atom stereocenters. The zero-order valence-electron chi connectivity index (χ0n) is 14.5. The van der Waals surface area contributed by atoms with Gasteiger partial charge in [-0.25, -0.2) is 0 Å². The quantitative estimate of drug-likeness (QED) is 0.598. The lowest BCUT2D eigenvalue weighted by Gasteiger charge is -2.42. The highest BCUT2D eigenvalue weighted by Crippen LogP contribution is 2.26. The molecule has 0 spiro atoms. The van der Waals surface area contributed by atoms with Crippen LogP contribution in [0.4, 0.5) is 0 Å². The number of ether oxygens (including phenoxy) is 2. The summed E-state index contributed by atoms with van der Waals surface area (Å²) in [6, 6.07) is 8.14. The largest absolute Gasteiger partial charge is 0.462 e. The number of fused-ring (bicyclic) bond motifs is 1. The molecule has 3 rings (SSSR count). The number of rotatable bonds is 4. The fraction of sp³-hybridized carbons (Fsp3) is 0.444. The number of aliphatic hydroxyl groups is 3. The van der Waals surface area contributed by atoms with E-state index in [9.17, 15) is 20.1 Å². The Hall–Kier alpha value is -2.26. The second-order valence-corrected chi connectivity index (χ2v) is 6.36.